The van der Waals surface area contributed by atoms with Gasteiger partial charge in [-0.2, -0.15) is 0 Å². The molecule has 0 saturated heterocycles. The van der Waals surface area contributed by atoms with Crippen molar-refractivity contribution in [3.63, 3.8) is 0 Å². The van der Waals surface area contributed by atoms with Gasteiger partial charge in [0.05, 0.1) is 34.5 Å². The van der Waals surface area contributed by atoms with E-state index in [-0.39, 0.29) is 11.1 Å². The Balaban J connectivity index is 1.61. The van der Waals surface area contributed by atoms with Crippen molar-refractivity contribution < 1.29 is 23.8 Å². The molecule has 2 aromatic carbocycles. The van der Waals surface area contributed by atoms with Crippen molar-refractivity contribution >= 4 is 29.4 Å². The fourth-order valence-corrected chi connectivity index (χ4v) is 5.45. The van der Waals surface area contributed by atoms with Crippen molar-refractivity contribution in [3.8, 4) is 11.3 Å². The predicted octanol–water partition coefficient (Wildman–Crippen LogP) is 3.67. The lowest BCUT2D eigenvalue weighted by Crippen LogP contribution is -2.39. The average Bonchev–Trinajstić information content (AvgIpc) is 3.47. The molecule has 0 radical (unpaired) electrons. The summed E-state index contributed by atoms with van der Waals surface area (Å²) in [7, 11) is 1.31. The molecule has 0 saturated carbocycles. The van der Waals surface area contributed by atoms with Crippen LogP contribution in [0.1, 0.15) is 40.2 Å². The van der Waals surface area contributed by atoms with Crippen LogP contribution in [0.25, 0.3) is 17.4 Å². The van der Waals surface area contributed by atoms with E-state index in [4.69, 9.17) is 9.15 Å². The number of carboxylic acids is 1. The first-order valence-electron chi connectivity index (χ1n) is 11.4. The number of ether oxygens (including phenoxy) is 1. The maximum atomic E-state index is 13.6. The van der Waals surface area contributed by atoms with Crippen LogP contribution in [0.4, 0.5) is 0 Å². The Bertz CT molecular complexity index is 1760. The second kappa shape index (κ2) is 9.51. The fraction of sp³-hybridized carbons (Fsp3) is 0.143. The zero-order chi connectivity index (χ0) is 26.3. The first kappa shape index (κ1) is 24.2. The number of thiazole rings is 1. The lowest BCUT2D eigenvalue weighted by atomic mass is 9.96. The predicted molar refractivity (Wildman–Crippen MR) is 138 cm³/mol. The number of methoxy groups -OCH3 is 1. The third-order valence-corrected chi connectivity index (χ3v) is 7.16. The van der Waals surface area contributed by atoms with Gasteiger partial charge in [-0.15, -0.1) is 0 Å². The highest BCUT2D eigenvalue weighted by atomic mass is 32.1. The number of carbonyl (C=O) groups excluding carboxylic acids is 1. The van der Waals surface area contributed by atoms with Gasteiger partial charge in [-0.1, -0.05) is 47.7 Å². The summed E-state index contributed by atoms with van der Waals surface area (Å²) in [4.78, 5) is 42.6. The number of aromatic carboxylic acids is 1. The number of furan rings is 1. The highest BCUT2D eigenvalue weighted by molar-refractivity contribution is 7.07. The van der Waals surface area contributed by atoms with Crippen molar-refractivity contribution in [2.75, 3.05) is 7.11 Å². The first-order chi connectivity index (χ1) is 17.8. The van der Waals surface area contributed by atoms with Gasteiger partial charge in [0.1, 0.15) is 11.5 Å². The number of nitrogens with zero attached hydrogens (tertiary/aromatic N) is 2. The third kappa shape index (κ3) is 4.34. The van der Waals surface area contributed by atoms with E-state index in [0.717, 1.165) is 16.7 Å². The number of hydrogen-bond acceptors (Lipinski definition) is 7. The molecule has 0 spiro atoms. The number of allylic oxidation sites excluding steroid dienone is 1. The van der Waals surface area contributed by atoms with Gasteiger partial charge in [-0.25, -0.2) is 14.6 Å². The molecule has 2 aromatic heterocycles. The summed E-state index contributed by atoms with van der Waals surface area (Å²) >= 11 is 1.21. The molecule has 3 heterocycles. The number of carbonyl (C=O) groups is 2. The molecule has 1 aliphatic heterocycles. The van der Waals surface area contributed by atoms with Crippen LogP contribution in [0.5, 0.6) is 0 Å². The molecule has 8 nitrogen and oxygen atoms in total. The molecule has 0 aliphatic carbocycles. The summed E-state index contributed by atoms with van der Waals surface area (Å²) in [5.74, 6) is -0.518. The van der Waals surface area contributed by atoms with Crippen molar-refractivity contribution in [2.24, 2.45) is 4.99 Å². The minimum Gasteiger partial charge on any atom is -0.478 e. The van der Waals surface area contributed by atoms with Crippen LogP contribution in [0.15, 0.2) is 86.1 Å². The molecule has 1 N–H and O–H groups in total. The van der Waals surface area contributed by atoms with Gasteiger partial charge in [0, 0.05) is 11.6 Å². The topological polar surface area (TPSA) is 111 Å². The van der Waals surface area contributed by atoms with Crippen LogP contribution in [0, 0.1) is 6.92 Å². The number of hydrogen-bond donors (Lipinski definition) is 1. The zero-order valence-electron chi connectivity index (χ0n) is 20.2. The molecular formula is C28H22N2O6S. The Morgan fingerprint density at radius 1 is 1.11 bits per heavy atom. The van der Waals surface area contributed by atoms with Crippen LogP contribution < -0.4 is 14.9 Å². The molecule has 5 rings (SSSR count). The Morgan fingerprint density at radius 2 is 1.86 bits per heavy atom. The molecule has 37 heavy (non-hydrogen) atoms. The minimum atomic E-state index is -0.996. The zero-order valence-corrected chi connectivity index (χ0v) is 21.0. The van der Waals surface area contributed by atoms with Crippen molar-refractivity contribution in [2.45, 2.75) is 19.9 Å². The smallest absolute Gasteiger partial charge is 0.338 e. The minimum absolute atomic E-state index is 0.198. The molecule has 0 bridgehead atoms. The Labute approximate surface area is 215 Å². The largest absolute Gasteiger partial charge is 0.478 e. The van der Waals surface area contributed by atoms with E-state index in [2.05, 4.69) is 4.99 Å². The second-order valence-corrected chi connectivity index (χ2v) is 9.53. The van der Waals surface area contributed by atoms with Crippen LogP contribution in [-0.4, -0.2) is 28.7 Å². The fourth-order valence-electron chi connectivity index (χ4n) is 4.42. The van der Waals surface area contributed by atoms with E-state index in [1.807, 2.05) is 37.3 Å². The van der Waals surface area contributed by atoms with Gasteiger partial charge in [0.25, 0.3) is 5.56 Å². The van der Waals surface area contributed by atoms with E-state index < -0.39 is 18.0 Å². The summed E-state index contributed by atoms with van der Waals surface area (Å²) in [5.41, 5.74) is 2.99. The van der Waals surface area contributed by atoms with Crippen LogP contribution in [-0.2, 0) is 9.53 Å². The standard InChI is InChI=1S/C28H22N2O6S/c1-15-13-18(26(32)33)9-11-20(15)21-12-10-19(36-21)14-22-25(31)30-24(17-7-5-4-6-8-17)23(27(34)35-3)16(2)29-28(30)37-22/h4-14,24H,1-3H3,(H,32,33). The van der Waals surface area contributed by atoms with E-state index >= 15 is 0 Å². The molecule has 1 aliphatic rings. The van der Waals surface area contributed by atoms with Gasteiger partial charge in [-0.3, -0.25) is 9.36 Å². The summed E-state index contributed by atoms with van der Waals surface area (Å²) in [5, 5.41) is 9.21. The maximum Gasteiger partial charge on any atom is 0.338 e. The molecule has 1 atom stereocenters. The highest BCUT2D eigenvalue weighted by Gasteiger charge is 2.32. The number of fused-ring (bicyclic) bond motifs is 1. The molecule has 0 fully saturated rings. The molecule has 1 unspecified atom stereocenters. The lowest BCUT2D eigenvalue weighted by Gasteiger charge is -2.24. The third-order valence-electron chi connectivity index (χ3n) is 6.18. The molecule has 9 heteroatoms. The Hall–Kier alpha value is -4.50. The quantitative estimate of drug-likeness (QED) is 0.407. The molecular weight excluding hydrogens is 492 g/mol. The molecule has 4 aromatic rings. The van der Waals surface area contributed by atoms with E-state index in [0.29, 0.717) is 32.1 Å². The van der Waals surface area contributed by atoms with Crippen molar-refractivity contribution in [1.29, 1.82) is 0 Å². The molecule has 0 amide bonds. The normalized spacial score (nSPS) is 15.3. The number of aromatic nitrogens is 1. The Kier molecular flexibility index (Phi) is 6.22. The Morgan fingerprint density at radius 3 is 2.54 bits per heavy atom. The van der Waals surface area contributed by atoms with Crippen molar-refractivity contribution in [1.82, 2.24) is 4.57 Å². The van der Waals surface area contributed by atoms with Crippen LogP contribution in [0.2, 0.25) is 0 Å². The van der Waals surface area contributed by atoms with Gasteiger partial charge in [0.15, 0.2) is 4.80 Å². The average molecular weight is 515 g/mol. The number of aryl methyl sites for hydroxylation is 1. The van der Waals surface area contributed by atoms with Gasteiger partial charge in [-0.05, 0) is 49.2 Å². The van der Waals surface area contributed by atoms with Gasteiger partial charge < -0.3 is 14.3 Å². The maximum absolute atomic E-state index is 13.6. The number of carboxylic acid groups (broad SMARTS) is 1. The molecule has 186 valence electrons. The van der Waals surface area contributed by atoms with E-state index in [1.165, 1.54) is 29.1 Å². The summed E-state index contributed by atoms with van der Waals surface area (Å²) < 4.78 is 12.9. The SMILES string of the molecule is COC(=O)C1=C(C)N=c2sc(=Cc3ccc(-c4ccc(C(=O)O)cc4C)o3)c(=O)n2C1c1ccccc1. The summed E-state index contributed by atoms with van der Waals surface area (Å²) in [6.07, 6.45) is 1.65. The van der Waals surface area contributed by atoms with Crippen LogP contribution in [0.3, 0.4) is 0 Å². The lowest BCUT2D eigenvalue weighted by molar-refractivity contribution is -0.136. The number of esters is 1. The first-order valence-corrected chi connectivity index (χ1v) is 12.2. The van der Waals surface area contributed by atoms with Gasteiger partial charge in [0.2, 0.25) is 0 Å². The van der Waals surface area contributed by atoms with Gasteiger partial charge >= 0.3 is 11.9 Å². The highest BCUT2D eigenvalue weighted by Crippen LogP contribution is 2.30. The monoisotopic (exact) mass is 514 g/mol. The van der Waals surface area contributed by atoms with E-state index in [9.17, 15) is 19.5 Å². The van der Waals surface area contributed by atoms with Crippen molar-refractivity contribution in [3.05, 3.63) is 114 Å². The number of benzene rings is 2. The number of rotatable bonds is 5. The second-order valence-electron chi connectivity index (χ2n) is 8.52. The summed E-state index contributed by atoms with van der Waals surface area (Å²) in [6.45, 7) is 3.54. The van der Waals surface area contributed by atoms with Crippen LogP contribution >= 0.6 is 11.3 Å². The summed E-state index contributed by atoms with van der Waals surface area (Å²) in [6, 6.07) is 17.0. The van der Waals surface area contributed by atoms with E-state index in [1.54, 1.807) is 37.3 Å².